The molecule has 1 aliphatic rings. The summed E-state index contributed by atoms with van der Waals surface area (Å²) >= 11 is 5.99. The van der Waals surface area contributed by atoms with E-state index in [-0.39, 0.29) is 10.5 Å². The van der Waals surface area contributed by atoms with Gasteiger partial charge >= 0.3 is 0 Å². The van der Waals surface area contributed by atoms with Gasteiger partial charge in [-0.1, -0.05) is 11.6 Å². The van der Waals surface area contributed by atoms with Gasteiger partial charge in [0.05, 0.1) is 10.4 Å². The second-order valence-electron chi connectivity index (χ2n) is 6.95. The standard InChI is InChI=1S/C19H18ClNO3S/c1-19(2)9-7-14-12-16(4-6-18(14)24-19)25(22,23)21-10-8-13-11-15(20)3-5-17(13)21/h3-6,8,10-12H,7,9H2,1-2H3. The summed E-state index contributed by atoms with van der Waals surface area (Å²) in [6.45, 7) is 4.08. The molecule has 0 N–H and O–H groups in total. The number of nitrogens with zero attached hydrogens (tertiary/aromatic N) is 1. The monoisotopic (exact) mass is 375 g/mol. The molecule has 0 amide bonds. The minimum atomic E-state index is -3.68. The third kappa shape index (κ3) is 2.81. The first-order chi connectivity index (χ1) is 11.8. The highest BCUT2D eigenvalue weighted by Gasteiger charge is 2.28. The zero-order valence-electron chi connectivity index (χ0n) is 14.0. The fourth-order valence-corrected chi connectivity index (χ4v) is 4.79. The molecule has 25 heavy (non-hydrogen) atoms. The average molecular weight is 376 g/mol. The molecule has 0 bridgehead atoms. The Kier molecular flexibility index (Phi) is 3.63. The van der Waals surface area contributed by atoms with Crippen molar-refractivity contribution in [2.24, 2.45) is 0 Å². The Labute approximate surface area is 152 Å². The Morgan fingerprint density at radius 1 is 1.12 bits per heavy atom. The van der Waals surface area contributed by atoms with Crippen LogP contribution in [0.2, 0.25) is 5.02 Å². The minimum absolute atomic E-state index is 0.219. The van der Waals surface area contributed by atoms with E-state index in [0.29, 0.717) is 10.5 Å². The largest absolute Gasteiger partial charge is 0.488 e. The first-order valence-electron chi connectivity index (χ1n) is 8.10. The summed E-state index contributed by atoms with van der Waals surface area (Å²) < 4.78 is 33.4. The minimum Gasteiger partial charge on any atom is -0.488 e. The van der Waals surface area contributed by atoms with Gasteiger partial charge in [0.1, 0.15) is 11.4 Å². The van der Waals surface area contributed by atoms with Crippen molar-refractivity contribution >= 4 is 32.5 Å². The summed E-state index contributed by atoms with van der Waals surface area (Å²) in [5, 5.41) is 1.37. The highest BCUT2D eigenvalue weighted by Crippen LogP contribution is 2.35. The lowest BCUT2D eigenvalue weighted by atomic mass is 9.94. The summed E-state index contributed by atoms with van der Waals surface area (Å²) in [6.07, 6.45) is 3.22. The number of fused-ring (bicyclic) bond motifs is 2. The third-order valence-corrected chi connectivity index (χ3v) is 6.51. The molecule has 1 aromatic heterocycles. The molecule has 0 atom stereocenters. The van der Waals surface area contributed by atoms with E-state index < -0.39 is 10.0 Å². The van der Waals surface area contributed by atoms with Gasteiger partial charge in [0.15, 0.2) is 0 Å². The topological polar surface area (TPSA) is 48.3 Å². The Hall–Kier alpha value is -1.98. The van der Waals surface area contributed by atoms with Gasteiger partial charge in [-0.25, -0.2) is 12.4 Å². The lowest BCUT2D eigenvalue weighted by Gasteiger charge is -2.32. The van der Waals surface area contributed by atoms with Crippen LogP contribution in [0.25, 0.3) is 10.9 Å². The van der Waals surface area contributed by atoms with Crippen LogP contribution in [0.5, 0.6) is 5.75 Å². The van der Waals surface area contributed by atoms with E-state index in [0.717, 1.165) is 29.5 Å². The van der Waals surface area contributed by atoms with Crippen LogP contribution in [0.1, 0.15) is 25.8 Å². The number of halogens is 1. The van der Waals surface area contributed by atoms with Crippen LogP contribution >= 0.6 is 11.6 Å². The molecule has 1 aliphatic heterocycles. The lowest BCUT2D eigenvalue weighted by molar-refractivity contribution is 0.0845. The predicted octanol–water partition coefficient (Wildman–Crippen LogP) is 4.64. The van der Waals surface area contributed by atoms with Gasteiger partial charge in [-0.3, -0.25) is 0 Å². The van der Waals surface area contributed by atoms with E-state index in [2.05, 4.69) is 0 Å². The van der Waals surface area contributed by atoms with E-state index >= 15 is 0 Å². The molecule has 0 aliphatic carbocycles. The SMILES string of the molecule is CC1(C)CCc2cc(S(=O)(=O)n3ccc4cc(Cl)ccc43)ccc2O1. The van der Waals surface area contributed by atoms with Gasteiger partial charge in [0, 0.05) is 16.6 Å². The van der Waals surface area contributed by atoms with Gasteiger partial charge in [0.25, 0.3) is 10.0 Å². The molecule has 2 aromatic carbocycles. The smallest absolute Gasteiger partial charge is 0.268 e. The fourth-order valence-electron chi connectivity index (χ4n) is 3.21. The summed E-state index contributed by atoms with van der Waals surface area (Å²) in [6, 6.07) is 12.0. The number of benzene rings is 2. The quantitative estimate of drug-likeness (QED) is 0.655. The number of aromatic nitrogens is 1. The van der Waals surface area contributed by atoms with Crippen molar-refractivity contribution in [3.63, 3.8) is 0 Å². The number of hydrogen-bond donors (Lipinski definition) is 0. The van der Waals surface area contributed by atoms with E-state index in [1.807, 2.05) is 13.8 Å². The van der Waals surface area contributed by atoms with Crippen LogP contribution in [0.4, 0.5) is 0 Å². The van der Waals surface area contributed by atoms with E-state index in [1.165, 1.54) is 3.97 Å². The molecule has 2 heterocycles. The molecule has 130 valence electrons. The van der Waals surface area contributed by atoms with Crippen LogP contribution in [-0.2, 0) is 16.4 Å². The van der Waals surface area contributed by atoms with Crippen LogP contribution in [0.15, 0.2) is 53.6 Å². The van der Waals surface area contributed by atoms with Gasteiger partial charge in [-0.2, -0.15) is 0 Å². The molecule has 0 spiro atoms. The van der Waals surface area contributed by atoms with Gasteiger partial charge in [0.2, 0.25) is 0 Å². The molecule has 0 saturated heterocycles. The normalized spacial score (nSPS) is 16.4. The van der Waals surface area contributed by atoms with Crippen molar-refractivity contribution < 1.29 is 13.2 Å². The molecule has 0 saturated carbocycles. The average Bonchev–Trinajstić information content (AvgIpc) is 2.97. The molecular weight excluding hydrogens is 358 g/mol. The molecule has 4 nitrogen and oxygen atoms in total. The first-order valence-corrected chi connectivity index (χ1v) is 9.92. The molecule has 6 heteroatoms. The molecule has 3 aromatic rings. The van der Waals surface area contributed by atoms with Crippen molar-refractivity contribution in [3.8, 4) is 5.75 Å². The molecule has 0 radical (unpaired) electrons. The van der Waals surface area contributed by atoms with Crippen LogP contribution in [0.3, 0.4) is 0 Å². The van der Waals surface area contributed by atoms with Crippen molar-refractivity contribution in [3.05, 3.63) is 59.2 Å². The summed E-state index contributed by atoms with van der Waals surface area (Å²) in [7, 11) is -3.68. The van der Waals surface area contributed by atoms with Crippen molar-refractivity contribution in [2.45, 2.75) is 37.2 Å². The van der Waals surface area contributed by atoms with Gasteiger partial charge in [-0.05, 0) is 74.7 Å². The highest BCUT2D eigenvalue weighted by atomic mass is 35.5. The molecular formula is C19H18ClNO3S. The second kappa shape index (κ2) is 5.51. The Balaban J connectivity index is 1.80. The summed E-state index contributed by atoms with van der Waals surface area (Å²) in [4.78, 5) is 0.266. The van der Waals surface area contributed by atoms with E-state index in [4.69, 9.17) is 16.3 Å². The van der Waals surface area contributed by atoms with E-state index in [1.54, 1.807) is 48.7 Å². The maximum Gasteiger partial charge on any atom is 0.268 e. The lowest BCUT2D eigenvalue weighted by Crippen LogP contribution is -2.32. The van der Waals surface area contributed by atoms with Crippen molar-refractivity contribution in [2.75, 3.05) is 0 Å². The van der Waals surface area contributed by atoms with Crippen LogP contribution in [0, 0.1) is 0 Å². The Morgan fingerprint density at radius 2 is 1.92 bits per heavy atom. The summed E-state index contributed by atoms with van der Waals surface area (Å²) in [5.74, 6) is 0.763. The molecule has 0 fully saturated rings. The fraction of sp³-hybridized carbons (Fsp3) is 0.263. The number of hydrogen-bond acceptors (Lipinski definition) is 3. The Bertz CT molecular complexity index is 1080. The van der Waals surface area contributed by atoms with Crippen LogP contribution in [-0.4, -0.2) is 18.0 Å². The maximum atomic E-state index is 13.1. The number of ether oxygens (including phenoxy) is 1. The summed E-state index contributed by atoms with van der Waals surface area (Å²) in [5.41, 5.74) is 1.32. The predicted molar refractivity (Wildman–Crippen MR) is 99.0 cm³/mol. The number of aryl methyl sites for hydroxylation is 1. The number of rotatable bonds is 2. The van der Waals surface area contributed by atoms with E-state index in [9.17, 15) is 8.42 Å². The molecule has 4 rings (SSSR count). The van der Waals surface area contributed by atoms with Gasteiger partial charge < -0.3 is 4.74 Å². The molecule has 0 unspecified atom stereocenters. The van der Waals surface area contributed by atoms with Crippen molar-refractivity contribution in [1.82, 2.24) is 3.97 Å². The van der Waals surface area contributed by atoms with Gasteiger partial charge in [-0.15, -0.1) is 0 Å². The first kappa shape index (κ1) is 16.5. The second-order valence-corrected chi connectivity index (χ2v) is 9.20. The third-order valence-electron chi connectivity index (χ3n) is 4.59. The zero-order chi connectivity index (χ0) is 17.8. The highest BCUT2D eigenvalue weighted by molar-refractivity contribution is 7.90. The maximum absolute atomic E-state index is 13.1. The zero-order valence-corrected chi connectivity index (χ0v) is 15.6. The van der Waals surface area contributed by atoms with Crippen LogP contribution < -0.4 is 4.74 Å². The van der Waals surface area contributed by atoms with Crippen molar-refractivity contribution in [1.29, 1.82) is 0 Å². The Morgan fingerprint density at radius 3 is 2.72 bits per heavy atom.